The van der Waals surface area contributed by atoms with Crippen LogP contribution in [-0.2, 0) is 11.3 Å². The van der Waals surface area contributed by atoms with E-state index in [1.54, 1.807) is 12.3 Å². The molecule has 1 aliphatic rings. The first-order valence-electron chi connectivity index (χ1n) is 8.31. The number of hydrogen-bond donors (Lipinski definition) is 2. The largest absolute Gasteiger partial charge is 0.467 e. The van der Waals surface area contributed by atoms with Crippen LogP contribution in [0.15, 0.2) is 47.1 Å². The lowest BCUT2D eigenvalue weighted by Crippen LogP contribution is -2.43. The summed E-state index contributed by atoms with van der Waals surface area (Å²) in [4.78, 5) is 23.5. The van der Waals surface area contributed by atoms with Gasteiger partial charge in [-0.2, -0.15) is 4.98 Å². The van der Waals surface area contributed by atoms with Crippen LogP contribution in [0, 0.1) is 0 Å². The summed E-state index contributed by atoms with van der Waals surface area (Å²) in [5.41, 5.74) is 6.86. The molecule has 1 saturated heterocycles. The Morgan fingerprint density at radius 2 is 2.16 bits per heavy atom. The first-order chi connectivity index (χ1) is 12.2. The number of hydrogen-bond acceptors (Lipinski definition) is 6. The predicted molar refractivity (Wildman–Crippen MR) is 94.9 cm³/mol. The van der Waals surface area contributed by atoms with E-state index in [1.807, 2.05) is 35.2 Å². The van der Waals surface area contributed by atoms with Crippen LogP contribution in [0.2, 0.25) is 0 Å². The normalized spacial score (nSPS) is 17.1. The van der Waals surface area contributed by atoms with Gasteiger partial charge in [0.15, 0.2) is 0 Å². The number of furan rings is 1. The Morgan fingerprint density at radius 1 is 1.28 bits per heavy atom. The number of benzene rings is 1. The van der Waals surface area contributed by atoms with Crippen molar-refractivity contribution in [2.45, 2.75) is 25.4 Å². The number of rotatable bonds is 4. The topological polar surface area (TPSA) is 97.3 Å². The zero-order chi connectivity index (χ0) is 17.2. The maximum atomic E-state index is 12.6. The molecule has 3 heterocycles. The van der Waals surface area contributed by atoms with Gasteiger partial charge in [0.1, 0.15) is 17.6 Å². The molecule has 0 spiro atoms. The van der Waals surface area contributed by atoms with Crippen LogP contribution in [0.4, 0.5) is 11.8 Å². The van der Waals surface area contributed by atoms with Crippen LogP contribution in [0.5, 0.6) is 0 Å². The molecule has 1 unspecified atom stereocenters. The third-order valence-corrected chi connectivity index (χ3v) is 4.45. The number of nitrogen functional groups attached to an aromatic ring is 1. The van der Waals surface area contributed by atoms with Crippen molar-refractivity contribution in [2.75, 3.05) is 17.2 Å². The smallest absolute Gasteiger partial charge is 0.243 e. The predicted octanol–water partition coefficient (Wildman–Crippen LogP) is 2.09. The molecule has 7 heteroatoms. The highest BCUT2D eigenvalue weighted by molar-refractivity contribution is 5.90. The lowest BCUT2D eigenvalue weighted by molar-refractivity contribution is -0.122. The Morgan fingerprint density at radius 3 is 3.00 bits per heavy atom. The molecule has 1 atom stereocenters. The number of para-hydroxylation sites is 1. The fourth-order valence-electron chi connectivity index (χ4n) is 3.20. The molecule has 2 aromatic heterocycles. The Hall–Kier alpha value is -3.09. The summed E-state index contributed by atoms with van der Waals surface area (Å²) < 4.78 is 5.25. The van der Waals surface area contributed by atoms with E-state index in [1.165, 1.54) is 0 Å². The molecule has 0 radical (unpaired) electrons. The summed E-state index contributed by atoms with van der Waals surface area (Å²) in [5.74, 6) is 1.61. The first kappa shape index (κ1) is 15.4. The highest BCUT2D eigenvalue weighted by atomic mass is 16.3. The van der Waals surface area contributed by atoms with E-state index in [0.29, 0.717) is 18.3 Å². The molecule has 3 N–H and O–H groups in total. The number of carbonyl (C=O) groups excluding carboxylic acids is 1. The third-order valence-electron chi connectivity index (χ3n) is 4.45. The van der Waals surface area contributed by atoms with Crippen LogP contribution < -0.4 is 16.0 Å². The van der Waals surface area contributed by atoms with Crippen molar-refractivity contribution in [3.05, 3.63) is 48.4 Å². The number of carbonyl (C=O) groups is 1. The van der Waals surface area contributed by atoms with Crippen molar-refractivity contribution < 1.29 is 9.21 Å². The van der Waals surface area contributed by atoms with Crippen molar-refractivity contribution in [2.24, 2.45) is 0 Å². The Labute approximate surface area is 144 Å². The minimum atomic E-state index is -0.296. The highest BCUT2D eigenvalue weighted by Gasteiger charge is 2.32. The number of aromatic nitrogens is 2. The maximum Gasteiger partial charge on any atom is 0.243 e. The molecule has 0 aliphatic carbocycles. The molecule has 1 amide bonds. The van der Waals surface area contributed by atoms with Crippen molar-refractivity contribution in [1.29, 1.82) is 0 Å². The number of amides is 1. The highest BCUT2D eigenvalue weighted by Crippen LogP contribution is 2.26. The van der Waals surface area contributed by atoms with Gasteiger partial charge >= 0.3 is 0 Å². The minimum absolute atomic E-state index is 0.0516. The quantitative estimate of drug-likeness (QED) is 0.756. The van der Waals surface area contributed by atoms with E-state index >= 15 is 0 Å². The summed E-state index contributed by atoms with van der Waals surface area (Å²) >= 11 is 0. The number of fused-ring (bicyclic) bond motifs is 1. The number of nitrogens with zero attached hydrogens (tertiary/aromatic N) is 3. The van der Waals surface area contributed by atoms with E-state index in [4.69, 9.17) is 10.2 Å². The van der Waals surface area contributed by atoms with E-state index in [2.05, 4.69) is 15.3 Å². The SMILES string of the molecule is Nc1nc(N2CCCC2C(=O)NCc2ccco2)nc2ccccc12. The Balaban J connectivity index is 1.55. The van der Waals surface area contributed by atoms with Crippen molar-refractivity contribution in [1.82, 2.24) is 15.3 Å². The zero-order valence-electron chi connectivity index (χ0n) is 13.7. The second-order valence-corrected chi connectivity index (χ2v) is 6.07. The second kappa shape index (κ2) is 6.43. The minimum Gasteiger partial charge on any atom is -0.467 e. The number of nitrogens with two attached hydrogens (primary N) is 1. The molecule has 7 nitrogen and oxygen atoms in total. The van der Waals surface area contributed by atoms with Gasteiger partial charge in [0.05, 0.1) is 18.3 Å². The van der Waals surface area contributed by atoms with Gasteiger partial charge in [0, 0.05) is 11.9 Å². The summed E-state index contributed by atoms with van der Waals surface area (Å²) in [6, 6.07) is 11.0. The van der Waals surface area contributed by atoms with Gasteiger partial charge in [0.25, 0.3) is 0 Å². The average Bonchev–Trinajstić information content (AvgIpc) is 3.31. The molecule has 1 fully saturated rings. The van der Waals surface area contributed by atoms with Gasteiger partial charge < -0.3 is 20.4 Å². The summed E-state index contributed by atoms with van der Waals surface area (Å²) in [6.45, 7) is 1.10. The molecule has 128 valence electrons. The van der Waals surface area contributed by atoms with Crippen LogP contribution >= 0.6 is 0 Å². The molecule has 4 rings (SSSR count). The fraction of sp³-hybridized carbons (Fsp3) is 0.278. The van der Waals surface area contributed by atoms with Crippen LogP contribution in [-0.4, -0.2) is 28.5 Å². The van der Waals surface area contributed by atoms with Crippen molar-refractivity contribution in [3.63, 3.8) is 0 Å². The third kappa shape index (κ3) is 3.00. The molecular weight excluding hydrogens is 318 g/mol. The van der Waals surface area contributed by atoms with E-state index in [-0.39, 0.29) is 11.9 Å². The average molecular weight is 337 g/mol. The fourth-order valence-corrected chi connectivity index (χ4v) is 3.20. The lowest BCUT2D eigenvalue weighted by Gasteiger charge is -2.24. The van der Waals surface area contributed by atoms with E-state index in [0.717, 1.165) is 36.0 Å². The van der Waals surface area contributed by atoms with Gasteiger partial charge in [-0.3, -0.25) is 4.79 Å². The summed E-state index contributed by atoms with van der Waals surface area (Å²) in [7, 11) is 0. The Kier molecular flexibility index (Phi) is 3.97. The molecule has 1 aliphatic heterocycles. The van der Waals surface area contributed by atoms with Gasteiger partial charge in [0.2, 0.25) is 11.9 Å². The van der Waals surface area contributed by atoms with E-state index in [9.17, 15) is 4.79 Å². The van der Waals surface area contributed by atoms with Crippen molar-refractivity contribution >= 4 is 28.6 Å². The summed E-state index contributed by atoms with van der Waals surface area (Å²) in [6.07, 6.45) is 3.27. The van der Waals surface area contributed by atoms with Crippen molar-refractivity contribution in [3.8, 4) is 0 Å². The molecule has 25 heavy (non-hydrogen) atoms. The molecular formula is C18H19N5O2. The second-order valence-electron chi connectivity index (χ2n) is 6.07. The van der Waals surface area contributed by atoms with Crippen LogP contribution in [0.3, 0.4) is 0 Å². The maximum absolute atomic E-state index is 12.6. The van der Waals surface area contributed by atoms with Crippen LogP contribution in [0.25, 0.3) is 10.9 Å². The number of anilines is 2. The standard InChI is InChI=1S/C18H19N5O2/c19-16-13-6-1-2-7-14(13)21-18(22-16)23-9-3-8-15(23)17(24)20-11-12-5-4-10-25-12/h1-2,4-7,10,15H,3,8-9,11H2,(H,20,24)(H2,19,21,22). The van der Waals surface area contributed by atoms with Gasteiger partial charge in [-0.15, -0.1) is 0 Å². The first-order valence-corrected chi connectivity index (χ1v) is 8.31. The molecule has 1 aromatic carbocycles. The lowest BCUT2D eigenvalue weighted by atomic mass is 10.2. The van der Waals surface area contributed by atoms with Gasteiger partial charge in [-0.25, -0.2) is 4.98 Å². The monoisotopic (exact) mass is 337 g/mol. The molecule has 0 saturated carbocycles. The van der Waals surface area contributed by atoms with Gasteiger partial charge in [-0.05, 0) is 37.1 Å². The Bertz CT molecular complexity index is 894. The number of nitrogens with one attached hydrogen (secondary N) is 1. The molecule has 0 bridgehead atoms. The summed E-state index contributed by atoms with van der Waals surface area (Å²) in [5, 5.41) is 3.74. The molecule has 3 aromatic rings. The zero-order valence-corrected chi connectivity index (χ0v) is 13.7. The van der Waals surface area contributed by atoms with Gasteiger partial charge in [-0.1, -0.05) is 12.1 Å². The van der Waals surface area contributed by atoms with Crippen LogP contribution in [0.1, 0.15) is 18.6 Å². The van der Waals surface area contributed by atoms with E-state index < -0.39 is 0 Å².